The molecule has 0 radical (unpaired) electrons. The minimum Gasteiger partial charge on any atom is -0.316 e. The van der Waals surface area contributed by atoms with E-state index in [4.69, 9.17) is 11.0 Å². The van der Waals surface area contributed by atoms with Gasteiger partial charge in [-0.1, -0.05) is 89.9 Å². The summed E-state index contributed by atoms with van der Waals surface area (Å²) in [5, 5.41) is 0.658. The monoisotopic (exact) mass is 534 g/mol. The first-order valence-electron chi connectivity index (χ1n) is 18.6. The summed E-state index contributed by atoms with van der Waals surface area (Å²) in [6.07, 6.45) is 0.169. The molecule has 0 aliphatic rings. The average molecular weight is 535 g/mol. The standard InChI is InChI=1S/C38H40N2/c1-25-17-19-27(39-23-33(37(3,4)5)29-13-9-11-15-35(29)39)21-31(25)32-22-28(20-18-26(32)2)40-24-34(38(6,7)8)30-14-10-12-16-36(30)40/h9-24H,1-8H3/i9D,10D,11D,12D,13D,14D,15D,16D,23D,24D. The fourth-order valence-electron chi connectivity index (χ4n) is 5.31. The molecule has 2 heteroatoms. The first-order chi connectivity index (χ1) is 23.1. The van der Waals surface area contributed by atoms with Crippen molar-refractivity contribution < 1.29 is 13.7 Å². The molecule has 202 valence electrons. The highest BCUT2D eigenvalue weighted by atomic mass is 15.0. The zero-order valence-electron chi connectivity index (χ0n) is 34.4. The Kier molecular flexibility index (Phi) is 3.92. The molecule has 0 N–H and O–H groups in total. The average Bonchev–Trinajstić information content (AvgIpc) is 3.53. The molecule has 0 saturated carbocycles. The van der Waals surface area contributed by atoms with Crippen LogP contribution in [0.3, 0.4) is 0 Å². The van der Waals surface area contributed by atoms with E-state index in [2.05, 4.69) is 0 Å². The van der Waals surface area contributed by atoms with Gasteiger partial charge in [0.15, 0.2) is 0 Å². The van der Waals surface area contributed by atoms with Crippen molar-refractivity contribution in [3.05, 3.63) is 119 Å². The van der Waals surface area contributed by atoms with Gasteiger partial charge in [-0.15, -0.1) is 0 Å². The third-order valence-corrected chi connectivity index (χ3v) is 7.48. The number of aromatic nitrogens is 2. The molecule has 2 heterocycles. The second kappa shape index (κ2) is 9.27. The molecule has 40 heavy (non-hydrogen) atoms. The van der Waals surface area contributed by atoms with E-state index in [1.165, 1.54) is 0 Å². The van der Waals surface area contributed by atoms with E-state index in [-0.39, 0.29) is 71.7 Å². The van der Waals surface area contributed by atoms with Crippen LogP contribution in [0.15, 0.2) is 97.1 Å². The van der Waals surface area contributed by atoms with Crippen molar-refractivity contribution in [1.29, 1.82) is 0 Å². The van der Waals surface area contributed by atoms with Crippen LogP contribution in [0.4, 0.5) is 0 Å². The Morgan fingerprint density at radius 3 is 1.30 bits per heavy atom. The third-order valence-electron chi connectivity index (χ3n) is 7.48. The van der Waals surface area contributed by atoms with Crippen LogP contribution in [-0.4, -0.2) is 9.13 Å². The van der Waals surface area contributed by atoms with Gasteiger partial charge in [-0.2, -0.15) is 0 Å². The van der Waals surface area contributed by atoms with Crippen LogP contribution in [0, 0.1) is 13.8 Å². The highest BCUT2D eigenvalue weighted by Gasteiger charge is 2.22. The van der Waals surface area contributed by atoms with Gasteiger partial charge in [0, 0.05) is 34.5 Å². The predicted molar refractivity (Wildman–Crippen MR) is 172 cm³/mol. The lowest BCUT2D eigenvalue weighted by molar-refractivity contribution is 0.594. The minimum absolute atomic E-state index is 0.0845. The molecule has 0 atom stereocenters. The fraction of sp³-hybridized carbons (Fsp3) is 0.263. The zero-order chi connectivity index (χ0) is 37.1. The first kappa shape index (κ1) is 16.9. The number of rotatable bonds is 3. The Hall–Kier alpha value is -4.04. The molecule has 6 rings (SSSR count). The summed E-state index contributed by atoms with van der Waals surface area (Å²) in [5.41, 5.74) is 4.92. The molecule has 4 aromatic carbocycles. The maximum Gasteiger partial charge on any atom is 0.0826 e. The van der Waals surface area contributed by atoms with Gasteiger partial charge in [0.05, 0.1) is 24.7 Å². The van der Waals surface area contributed by atoms with Gasteiger partial charge in [0.25, 0.3) is 0 Å². The van der Waals surface area contributed by atoms with Crippen LogP contribution < -0.4 is 0 Å². The van der Waals surface area contributed by atoms with E-state index in [9.17, 15) is 2.74 Å². The number of fused-ring (bicyclic) bond motifs is 2. The second-order valence-corrected chi connectivity index (χ2v) is 12.6. The van der Waals surface area contributed by atoms with Crippen LogP contribution in [0.1, 0.15) is 77.5 Å². The van der Waals surface area contributed by atoms with E-state index in [1.807, 2.05) is 91.8 Å². The Balaban J connectivity index is 1.66. The highest BCUT2D eigenvalue weighted by molar-refractivity contribution is 5.88. The largest absolute Gasteiger partial charge is 0.316 e. The molecule has 0 fully saturated rings. The lowest BCUT2D eigenvalue weighted by Crippen LogP contribution is -2.10. The summed E-state index contributed by atoms with van der Waals surface area (Å²) in [6, 6.07) is 9.15. The Morgan fingerprint density at radius 2 is 0.925 bits per heavy atom. The highest BCUT2D eigenvalue weighted by Crippen LogP contribution is 2.37. The van der Waals surface area contributed by atoms with Gasteiger partial charge < -0.3 is 9.13 Å². The molecular formula is C38H40N2. The summed E-state index contributed by atoms with van der Waals surface area (Å²) >= 11 is 0. The van der Waals surface area contributed by atoms with Crippen LogP contribution in [0.2, 0.25) is 0 Å². The van der Waals surface area contributed by atoms with Crippen molar-refractivity contribution in [2.45, 2.75) is 66.2 Å². The van der Waals surface area contributed by atoms with Gasteiger partial charge in [0.2, 0.25) is 0 Å². The van der Waals surface area contributed by atoms with E-state index in [0.717, 1.165) is 22.3 Å². The van der Waals surface area contributed by atoms with Crippen molar-refractivity contribution in [1.82, 2.24) is 9.13 Å². The normalized spacial score (nSPS) is 16.0. The molecular weight excluding hydrogens is 484 g/mol. The Morgan fingerprint density at radius 1 is 0.550 bits per heavy atom. The SMILES string of the molecule is [2H]c1c([2H])c([2H])c2c(c1[2H])c(C(C)(C)C)c([2H])n2-c1ccc(C)c(-c2cc(-n3c([2H])c(C(C)(C)C)c4c([2H])c([2H])c([2H])c([2H])c43)ccc2C)c1. The molecule has 0 spiro atoms. The lowest BCUT2D eigenvalue weighted by atomic mass is 9.87. The topological polar surface area (TPSA) is 9.86 Å². The zero-order valence-corrected chi connectivity index (χ0v) is 24.4. The lowest BCUT2D eigenvalue weighted by Gasteiger charge is -2.18. The molecule has 0 unspecified atom stereocenters. The van der Waals surface area contributed by atoms with Gasteiger partial charge >= 0.3 is 0 Å². The Bertz CT molecular complexity index is 2250. The van der Waals surface area contributed by atoms with Crippen molar-refractivity contribution in [2.75, 3.05) is 0 Å². The fourth-order valence-corrected chi connectivity index (χ4v) is 5.31. The molecule has 0 amide bonds. The van der Waals surface area contributed by atoms with E-state index < -0.39 is 10.8 Å². The number of benzene rings is 4. The molecule has 0 aliphatic carbocycles. The molecule has 2 nitrogen and oxygen atoms in total. The van der Waals surface area contributed by atoms with Crippen LogP contribution in [0.25, 0.3) is 44.3 Å². The van der Waals surface area contributed by atoms with Crippen molar-refractivity contribution in [2.24, 2.45) is 0 Å². The smallest absolute Gasteiger partial charge is 0.0826 e. The predicted octanol–water partition coefficient (Wildman–Crippen LogP) is 10.5. The molecule has 6 aromatic rings. The second-order valence-electron chi connectivity index (χ2n) is 12.6. The summed E-state index contributed by atoms with van der Waals surface area (Å²) in [4.78, 5) is 0. The summed E-state index contributed by atoms with van der Waals surface area (Å²) in [5.74, 6) is 0. The van der Waals surface area contributed by atoms with Crippen molar-refractivity contribution in [3.8, 4) is 22.5 Å². The van der Waals surface area contributed by atoms with Crippen LogP contribution in [0.5, 0.6) is 0 Å². The first-order valence-corrected chi connectivity index (χ1v) is 13.6. The number of nitrogens with zero attached hydrogens (tertiary/aromatic N) is 2. The molecule has 0 bridgehead atoms. The molecule has 2 aromatic heterocycles. The van der Waals surface area contributed by atoms with Crippen LogP contribution >= 0.6 is 0 Å². The van der Waals surface area contributed by atoms with Crippen LogP contribution in [-0.2, 0) is 10.8 Å². The number of hydrogen-bond donors (Lipinski definition) is 0. The molecule has 0 saturated heterocycles. The Labute approximate surface area is 253 Å². The van der Waals surface area contributed by atoms with Gasteiger partial charge in [-0.05, 0) is 94.4 Å². The number of para-hydroxylation sites is 2. The van der Waals surface area contributed by atoms with Gasteiger partial charge in [-0.3, -0.25) is 0 Å². The number of hydrogen-bond acceptors (Lipinski definition) is 0. The van der Waals surface area contributed by atoms with Crippen molar-refractivity contribution in [3.63, 3.8) is 0 Å². The third kappa shape index (κ3) is 4.36. The summed E-state index contributed by atoms with van der Waals surface area (Å²) < 4.78 is 90.8. The van der Waals surface area contributed by atoms with Crippen molar-refractivity contribution >= 4 is 21.8 Å². The number of aryl methyl sites for hydroxylation is 2. The maximum absolute atomic E-state index is 9.33. The van der Waals surface area contributed by atoms with Gasteiger partial charge in [0.1, 0.15) is 0 Å². The van der Waals surface area contributed by atoms with Gasteiger partial charge in [-0.25, -0.2) is 0 Å². The quantitative estimate of drug-likeness (QED) is 0.214. The maximum atomic E-state index is 9.33. The van der Waals surface area contributed by atoms with E-state index in [0.29, 0.717) is 33.3 Å². The molecule has 0 aliphatic heterocycles. The van der Waals surface area contributed by atoms with E-state index in [1.54, 1.807) is 9.13 Å². The van der Waals surface area contributed by atoms with E-state index >= 15 is 0 Å². The summed E-state index contributed by atoms with van der Waals surface area (Å²) in [7, 11) is 0. The minimum atomic E-state index is -0.591. The summed E-state index contributed by atoms with van der Waals surface area (Å²) in [6.45, 7) is 15.5.